The number of aromatic nitrogens is 1. The van der Waals surface area contributed by atoms with Crippen LogP contribution in [0.25, 0.3) is 10.9 Å². The van der Waals surface area contributed by atoms with Crippen LogP contribution in [0.1, 0.15) is 46.1 Å². The molecular weight excluding hydrogens is 296 g/mol. The van der Waals surface area contributed by atoms with Gasteiger partial charge >= 0.3 is 0 Å². The molecule has 0 saturated carbocycles. The van der Waals surface area contributed by atoms with E-state index in [0.29, 0.717) is 6.04 Å². The SMILES string of the molecule is CNC1CCCc2c1c1ccccc1n2Cc1ccccc1C=O. The van der Waals surface area contributed by atoms with Gasteiger partial charge in [-0.25, -0.2) is 0 Å². The van der Waals surface area contributed by atoms with Gasteiger partial charge in [-0.1, -0.05) is 42.5 Å². The van der Waals surface area contributed by atoms with E-state index in [4.69, 9.17) is 0 Å². The van der Waals surface area contributed by atoms with Crippen molar-refractivity contribution >= 4 is 17.2 Å². The molecule has 0 fully saturated rings. The maximum absolute atomic E-state index is 11.4. The van der Waals surface area contributed by atoms with E-state index in [1.807, 2.05) is 25.2 Å². The molecule has 1 aromatic heterocycles. The van der Waals surface area contributed by atoms with Gasteiger partial charge in [-0.05, 0) is 43.5 Å². The van der Waals surface area contributed by atoms with Gasteiger partial charge in [0.05, 0.1) is 0 Å². The molecule has 0 amide bonds. The molecule has 4 rings (SSSR count). The number of para-hydroxylation sites is 1. The lowest BCUT2D eigenvalue weighted by molar-refractivity contribution is 0.112. The van der Waals surface area contributed by atoms with Crippen LogP contribution in [0.15, 0.2) is 48.5 Å². The first-order valence-electron chi connectivity index (χ1n) is 8.64. The third-order valence-corrected chi connectivity index (χ3v) is 5.24. The van der Waals surface area contributed by atoms with Crippen molar-refractivity contribution in [2.45, 2.75) is 31.8 Å². The number of carbonyl (C=O) groups excluding carboxylic acids is 1. The smallest absolute Gasteiger partial charge is 0.150 e. The molecule has 1 heterocycles. The van der Waals surface area contributed by atoms with E-state index in [1.165, 1.54) is 35.0 Å². The highest BCUT2D eigenvalue weighted by Crippen LogP contribution is 2.38. The minimum Gasteiger partial charge on any atom is -0.340 e. The van der Waals surface area contributed by atoms with Crippen LogP contribution in [0, 0.1) is 0 Å². The zero-order valence-corrected chi connectivity index (χ0v) is 14.0. The summed E-state index contributed by atoms with van der Waals surface area (Å²) in [4.78, 5) is 11.4. The molecule has 1 aliphatic carbocycles. The quantitative estimate of drug-likeness (QED) is 0.735. The predicted octanol–water partition coefficient (Wildman–Crippen LogP) is 4.10. The molecule has 2 aromatic carbocycles. The highest BCUT2D eigenvalue weighted by molar-refractivity contribution is 5.87. The zero-order valence-electron chi connectivity index (χ0n) is 14.0. The molecule has 1 aliphatic rings. The van der Waals surface area contributed by atoms with Crippen molar-refractivity contribution in [2.24, 2.45) is 0 Å². The number of hydrogen-bond donors (Lipinski definition) is 1. The van der Waals surface area contributed by atoms with E-state index in [-0.39, 0.29) is 0 Å². The minimum atomic E-state index is 0.418. The lowest BCUT2D eigenvalue weighted by atomic mass is 9.91. The Morgan fingerprint density at radius 3 is 2.79 bits per heavy atom. The molecule has 1 N–H and O–H groups in total. The molecule has 0 spiro atoms. The van der Waals surface area contributed by atoms with Crippen LogP contribution in [0.2, 0.25) is 0 Å². The van der Waals surface area contributed by atoms with Gasteiger partial charge in [-0.3, -0.25) is 4.79 Å². The zero-order chi connectivity index (χ0) is 16.5. The monoisotopic (exact) mass is 318 g/mol. The lowest BCUT2D eigenvalue weighted by Gasteiger charge is -2.24. The summed E-state index contributed by atoms with van der Waals surface area (Å²) in [5, 5.41) is 4.83. The number of carbonyl (C=O) groups is 1. The molecule has 1 atom stereocenters. The van der Waals surface area contributed by atoms with Crippen molar-refractivity contribution in [1.29, 1.82) is 0 Å². The minimum absolute atomic E-state index is 0.418. The van der Waals surface area contributed by atoms with E-state index < -0.39 is 0 Å². The van der Waals surface area contributed by atoms with Gasteiger partial charge in [-0.15, -0.1) is 0 Å². The summed E-state index contributed by atoms with van der Waals surface area (Å²) in [5.41, 5.74) is 6.00. The Bertz CT molecular complexity index is 894. The lowest BCUT2D eigenvalue weighted by Crippen LogP contribution is -2.22. The molecule has 122 valence electrons. The number of hydrogen-bond acceptors (Lipinski definition) is 2. The van der Waals surface area contributed by atoms with E-state index >= 15 is 0 Å². The van der Waals surface area contributed by atoms with Crippen molar-refractivity contribution in [3.05, 3.63) is 70.9 Å². The Morgan fingerprint density at radius 1 is 1.17 bits per heavy atom. The molecule has 24 heavy (non-hydrogen) atoms. The molecule has 0 radical (unpaired) electrons. The summed E-state index contributed by atoms with van der Waals surface area (Å²) in [7, 11) is 2.05. The van der Waals surface area contributed by atoms with Crippen LogP contribution in [0.4, 0.5) is 0 Å². The molecule has 3 aromatic rings. The fourth-order valence-corrected chi connectivity index (χ4v) is 4.09. The maximum Gasteiger partial charge on any atom is 0.150 e. The third kappa shape index (κ3) is 2.36. The van der Waals surface area contributed by atoms with E-state index in [0.717, 1.165) is 30.4 Å². The number of benzene rings is 2. The van der Waals surface area contributed by atoms with E-state index in [9.17, 15) is 4.79 Å². The molecule has 0 aliphatic heterocycles. The summed E-state index contributed by atoms with van der Waals surface area (Å²) < 4.78 is 2.41. The van der Waals surface area contributed by atoms with E-state index in [2.05, 4.69) is 40.2 Å². The Morgan fingerprint density at radius 2 is 1.96 bits per heavy atom. The molecule has 0 saturated heterocycles. The molecule has 1 unspecified atom stereocenters. The van der Waals surface area contributed by atoms with Gasteiger partial charge in [0.1, 0.15) is 6.29 Å². The van der Waals surface area contributed by atoms with E-state index in [1.54, 1.807) is 0 Å². The number of fused-ring (bicyclic) bond motifs is 3. The normalized spacial score (nSPS) is 17.0. The summed E-state index contributed by atoms with van der Waals surface area (Å²) in [6, 6.07) is 17.0. The van der Waals surface area contributed by atoms with Crippen LogP contribution >= 0.6 is 0 Å². The summed E-state index contributed by atoms with van der Waals surface area (Å²) in [5.74, 6) is 0. The second-order valence-electron chi connectivity index (χ2n) is 6.51. The Kier molecular flexibility index (Phi) is 3.95. The highest BCUT2D eigenvalue weighted by Gasteiger charge is 2.26. The summed E-state index contributed by atoms with van der Waals surface area (Å²) in [6.45, 7) is 0.751. The maximum atomic E-state index is 11.4. The average molecular weight is 318 g/mol. The van der Waals surface area contributed by atoms with Gasteiger partial charge in [0.25, 0.3) is 0 Å². The number of aldehydes is 1. The Labute approximate surface area is 142 Å². The number of nitrogens with one attached hydrogen (secondary N) is 1. The Balaban J connectivity index is 1.91. The van der Waals surface area contributed by atoms with Crippen molar-refractivity contribution in [3.63, 3.8) is 0 Å². The van der Waals surface area contributed by atoms with Crippen LogP contribution in [-0.2, 0) is 13.0 Å². The second-order valence-corrected chi connectivity index (χ2v) is 6.51. The topological polar surface area (TPSA) is 34.0 Å². The average Bonchev–Trinajstić information content (AvgIpc) is 2.96. The van der Waals surface area contributed by atoms with Gasteiger partial charge in [0, 0.05) is 34.7 Å². The molecule has 0 bridgehead atoms. The molecule has 3 heteroatoms. The Hall–Kier alpha value is -2.39. The standard InChI is InChI=1S/C21H22N2O/c1-22-18-10-6-12-20-21(18)17-9-4-5-11-19(17)23(20)13-15-7-2-3-8-16(15)14-24/h2-5,7-9,11,14,18,22H,6,10,12-13H2,1H3. The number of rotatable bonds is 4. The summed E-state index contributed by atoms with van der Waals surface area (Å²) in [6.07, 6.45) is 4.45. The second kappa shape index (κ2) is 6.25. The summed E-state index contributed by atoms with van der Waals surface area (Å²) >= 11 is 0. The first kappa shape index (κ1) is 15.2. The van der Waals surface area contributed by atoms with Crippen LogP contribution in [0.3, 0.4) is 0 Å². The van der Waals surface area contributed by atoms with Crippen molar-refractivity contribution in [1.82, 2.24) is 9.88 Å². The van der Waals surface area contributed by atoms with Gasteiger partial charge in [-0.2, -0.15) is 0 Å². The number of nitrogens with zero attached hydrogens (tertiary/aromatic N) is 1. The van der Waals surface area contributed by atoms with Gasteiger partial charge < -0.3 is 9.88 Å². The van der Waals surface area contributed by atoms with Crippen molar-refractivity contribution in [2.75, 3.05) is 7.05 Å². The van der Waals surface area contributed by atoms with Crippen molar-refractivity contribution in [3.8, 4) is 0 Å². The van der Waals surface area contributed by atoms with Gasteiger partial charge in [0.2, 0.25) is 0 Å². The highest BCUT2D eigenvalue weighted by atomic mass is 16.1. The third-order valence-electron chi connectivity index (χ3n) is 5.24. The fourth-order valence-electron chi connectivity index (χ4n) is 4.09. The van der Waals surface area contributed by atoms with Crippen LogP contribution in [-0.4, -0.2) is 17.9 Å². The van der Waals surface area contributed by atoms with Crippen molar-refractivity contribution < 1.29 is 4.79 Å². The molecule has 3 nitrogen and oxygen atoms in total. The first-order valence-corrected chi connectivity index (χ1v) is 8.64. The largest absolute Gasteiger partial charge is 0.340 e. The first-order chi connectivity index (χ1) is 11.8. The predicted molar refractivity (Wildman–Crippen MR) is 97.6 cm³/mol. The van der Waals surface area contributed by atoms with Crippen LogP contribution < -0.4 is 5.32 Å². The van der Waals surface area contributed by atoms with Gasteiger partial charge in [0.15, 0.2) is 0 Å². The molecular formula is C21H22N2O. The fraction of sp³-hybridized carbons (Fsp3) is 0.286. The van der Waals surface area contributed by atoms with Crippen LogP contribution in [0.5, 0.6) is 0 Å².